The van der Waals surface area contributed by atoms with Gasteiger partial charge >= 0.3 is 0 Å². The lowest BCUT2D eigenvalue weighted by Gasteiger charge is -2.14. The molecular weight excluding hydrogens is 378 g/mol. The van der Waals surface area contributed by atoms with Crippen molar-refractivity contribution in [2.24, 2.45) is 0 Å². The zero-order valence-corrected chi connectivity index (χ0v) is 17.3. The summed E-state index contributed by atoms with van der Waals surface area (Å²) in [5.41, 5.74) is 2.62. The van der Waals surface area contributed by atoms with Crippen LogP contribution in [0.2, 0.25) is 0 Å². The molecule has 27 heavy (non-hydrogen) atoms. The van der Waals surface area contributed by atoms with Crippen LogP contribution in [0.4, 0.5) is 5.69 Å². The van der Waals surface area contributed by atoms with E-state index >= 15 is 0 Å². The molecule has 2 aromatic rings. The van der Waals surface area contributed by atoms with E-state index < -0.39 is 0 Å². The van der Waals surface area contributed by atoms with E-state index in [9.17, 15) is 4.79 Å². The van der Waals surface area contributed by atoms with Crippen LogP contribution >= 0.6 is 23.5 Å². The first-order valence-corrected chi connectivity index (χ1v) is 11.3. The molecule has 0 bridgehead atoms. The van der Waals surface area contributed by atoms with Gasteiger partial charge in [-0.1, -0.05) is 19.1 Å². The minimum absolute atomic E-state index is 0.151. The van der Waals surface area contributed by atoms with E-state index in [1.165, 1.54) is 17.1 Å². The second kappa shape index (κ2) is 9.95. The van der Waals surface area contributed by atoms with Gasteiger partial charge in [-0.3, -0.25) is 4.79 Å². The number of nitrogens with one attached hydrogen (secondary N) is 1. The van der Waals surface area contributed by atoms with Crippen molar-refractivity contribution in [3.8, 4) is 11.5 Å². The number of benzene rings is 2. The molecule has 4 nitrogen and oxygen atoms in total. The van der Waals surface area contributed by atoms with Crippen LogP contribution in [0.3, 0.4) is 0 Å². The van der Waals surface area contributed by atoms with Crippen molar-refractivity contribution in [2.45, 2.75) is 24.9 Å². The summed E-state index contributed by atoms with van der Waals surface area (Å²) >= 11 is 3.91. The number of rotatable bonds is 8. The Hall–Kier alpha value is -1.79. The van der Waals surface area contributed by atoms with E-state index in [2.05, 4.69) is 24.4 Å². The van der Waals surface area contributed by atoms with Gasteiger partial charge in [0.05, 0.1) is 17.8 Å². The zero-order valence-electron chi connectivity index (χ0n) is 15.7. The van der Waals surface area contributed by atoms with E-state index in [0.29, 0.717) is 34.9 Å². The molecule has 1 fully saturated rings. The van der Waals surface area contributed by atoms with Crippen LogP contribution in [-0.2, 0) is 0 Å². The lowest BCUT2D eigenvalue weighted by atomic mass is 10.1. The van der Waals surface area contributed by atoms with E-state index in [-0.39, 0.29) is 5.91 Å². The monoisotopic (exact) mass is 403 g/mol. The van der Waals surface area contributed by atoms with E-state index in [1.807, 2.05) is 42.6 Å². The van der Waals surface area contributed by atoms with Gasteiger partial charge in [0, 0.05) is 22.8 Å². The molecule has 1 aliphatic rings. The number of carbonyl (C=O) groups is 1. The molecule has 1 N–H and O–H groups in total. The highest BCUT2D eigenvalue weighted by atomic mass is 32.2. The van der Waals surface area contributed by atoms with Gasteiger partial charge in [0.1, 0.15) is 0 Å². The topological polar surface area (TPSA) is 47.6 Å². The van der Waals surface area contributed by atoms with Crippen LogP contribution in [0.1, 0.15) is 40.8 Å². The number of ether oxygens (including phenoxy) is 2. The average molecular weight is 404 g/mol. The molecule has 1 aliphatic heterocycles. The van der Waals surface area contributed by atoms with Crippen molar-refractivity contribution in [3.63, 3.8) is 0 Å². The molecular formula is C21H25NO3S2. The summed E-state index contributed by atoms with van der Waals surface area (Å²) in [6, 6.07) is 13.4. The fourth-order valence-corrected chi connectivity index (χ4v) is 5.60. The van der Waals surface area contributed by atoms with Crippen molar-refractivity contribution in [3.05, 3.63) is 53.6 Å². The summed E-state index contributed by atoms with van der Waals surface area (Å²) in [7, 11) is 0. The maximum absolute atomic E-state index is 12.7. The molecule has 144 valence electrons. The van der Waals surface area contributed by atoms with Crippen molar-refractivity contribution in [2.75, 3.05) is 30.0 Å². The quantitative estimate of drug-likeness (QED) is 0.621. The number of hydrogen-bond donors (Lipinski definition) is 1. The first-order chi connectivity index (χ1) is 13.2. The Balaban J connectivity index is 1.73. The van der Waals surface area contributed by atoms with Gasteiger partial charge in [0.25, 0.3) is 5.91 Å². The molecule has 1 heterocycles. The van der Waals surface area contributed by atoms with Crippen molar-refractivity contribution < 1.29 is 14.3 Å². The molecule has 3 rings (SSSR count). The number of hydrogen-bond acceptors (Lipinski definition) is 5. The Morgan fingerprint density at radius 3 is 2.63 bits per heavy atom. The molecule has 1 saturated heterocycles. The van der Waals surface area contributed by atoms with Crippen molar-refractivity contribution in [1.29, 1.82) is 0 Å². The predicted octanol–water partition coefficient (Wildman–Crippen LogP) is 5.61. The first kappa shape index (κ1) is 20.0. The van der Waals surface area contributed by atoms with Crippen LogP contribution in [0.25, 0.3) is 0 Å². The molecule has 0 atom stereocenters. The normalized spacial score (nSPS) is 14.1. The minimum Gasteiger partial charge on any atom is -0.490 e. The fourth-order valence-electron chi connectivity index (χ4n) is 2.77. The highest BCUT2D eigenvalue weighted by Gasteiger charge is 2.19. The van der Waals surface area contributed by atoms with Crippen LogP contribution in [-0.4, -0.2) is 30.6 Å². The highest BCUT2D eigenvalue weighted by molar-refractivity contribution is 8.19. The average Bonchev–Trinajstić information content (AvgIpc) is 3.22. The SMILES string of the molecule is CCCOc1ccc(C(=O)Nc2cccc(C3SCCS3)c2)cc1OCC. The summed E-state index contributed by atoms with van der Waals surface area (Å²) in [5.74, 6) is 3.48. The lowest BCUT2D eigenvalue weighted by Crippen LogP contribution is -2.12. The number of carbonyl (C=O) groups excluding carboxylic acids is 1. The lowest BCUT2D eigenvalue weighted by molar-refractivity contribution is 0.102. The number of amides is 1. The molecule has 0 aromatic heterocycles. The Morgan fingerprint density at radius 1 is 1.07 bits per heavy atom. The maximum atomic E-state index is 12.7. The first-order valence-electron chi connectivity index (χ1n) is 9.25. The van der Waals surface area contributed by atoms with Gasteiger partial charge in [-0.05, 0) is 49.2 Å². The van der Waals surface area contributed by atoms with Crippen LogP contribution < -0.4 is 14.8 Å². The third-order valence-electron chi connectivity index (χ3n) is 4.01. The summed E-state index contributed by atoms with van der Waals surface area (Å²) in [5, 5.41) is 3.00. The predicted molar refractivity (Wildman–Crippen MR) is 115 cm³/mol. The van der Waals surface area contributed by atoms with Crippen molar-refractivity contribution in [1.82, 2.24) is 0 Å². The summed E-state index contributed by atoms with van der Waals surface area (Å²) in [4.78, 5) is 12.7. The molecule has 6 heteroatoms. The standard InChI is InChI=1S/C21H25NO3S2/c1-3-10-25-18-9-8-15(14-19(18)24-4-2)20(23)22-17-7-5-6-16(13-17)21-26-11-12-27-21/h5-9,13-14,21H,3-4,10-12H2,1-2H3,(H,22,23). The zero-order chi connectivity index (χ0) is 19.1. The highest BCUT2D eigenvalue weighted by Crippen LogP contribution is 2.45. The molecule has 2 aromatic carbocycles. The largest absolute Gasteiger partial charge is 0.490 e. The summed E-state index contributed by atoms with van der Waals surface area (Å²) in [6.07, 6.45) is 0.918. The Morgan fingerprint density at radius 2 is 1.89 bits per heavy atom. The van der Waals surface area contributed by atoms with E-state index in [4.69, 9.17) is 9.47 Å². The van der Waals surface area contributed by atoms with Crippen LogP contribution in [0.15, 0.2) is 42.5 Å². The third-order valence-corrected chi connectivity index (χ3v) is 7.11. The van der Waals surface area contributed by atoms with Gasteiger partial charge in [0.15, 0.2) is 11.5 Å². The van der Waals surface area contributed by atoms with E-state index in [0.717, 1.165) is 12.1 Å². The second-order valence-corrected chi connectivity index (χ2v) is 8.82. The fraction of sp³-hybridized carbons (Fsp3) is 0.381. The van der Waals surface area contributed by atoms with E-state index in [1.54, 1.807) is 18.2 Å². The molecule has 0 saturated carbocycles. The summed E-state index contributed by atoms with van der Waals surface area (Å²) < 4.78 is 11.8. The van der Waals surface area contributed by atoms with Gasteiger partial charge in [0.2, 0.25) is 0 Å². The molecule has 0 aliphatic carbocycles. The smallest absolute Gasteiger partial charge is 0.255 e. The van der Waals surface area contributed by atoms with Gasteiger partial charge in [-0.15, -0.1) is 23.5 Å². The minimum atomic E-state index is -0.151. The third kappa shape index (κ3) is 5.36. The second-order valence-electron chi connectivity index (χ2n) is 6.10. The maximum Gasteiger partial charge on any atom is 0.255 e. The van der Waals surface area contributed by atoms with Gasteiger partial charge < -0.3 is 14.8 Å². The Bertz CT molecular complexity index is 776. The summed E-state index contributed by atoms with van der Waals surface area (Å²) in [6.45, 7) is 5.11. The number of thioether (sulfide) groups is 2. The molecule has 1 amide bonds. The molecule has 0 spiro atoms. The van der Waals surface area contributed by atoms with Gasteiger partial charge in [-0.2, -0.15) is 0 Å². The van der Waals surface area contributed by atoms with Crippen LogP contribution in [0.5, 0.6) is 11.5 Å². The Kier molecular flexibility index (Phi) is 7.35. The molecule has 0 radical (unpaired) electrons. The van der Waals surface area contributed by atoms with Gasteiger partial charge in [-0.25, -0.2) is 0 Å². The van der Waals surface area contributed by atoms with Crippen molar-refractivity contribution >= 4 is 35.1 Å². The number of anilines is 1. The van der Waals surface area contributed by atoms with Crippen LogP contribution in [0, 0.1) is 0 Å². The Labute approximate surface area is 169 Å². The molecule has 0 unspecified atom stereocenters.